The second-order valence-corrected chi connectivity index (χ2v) is 11.2. The summed E-state index contributed by atoms with van der Waals surface area (Å²) in [5, 5.41) is 3.71. The topological polar surface area (TPSA) is 88.2 Å². The predicted octanol–water partition coefficient (Wildman–Crippen LogP) is 4.66. The smallest absolute Gasteiger partial charge is 0.242 e. The van der Waals surface area contributed by atoms with Crippen LogP contribution in [0.1, 0.15) is 25.3 Å². The normalized spacial score (nSPS) is 13.0. The van der Waals surface area contributed by atoms with E-state index in [0.717, 1.165) is 20.1 Å². The maximum atomic E-state index is 13.0. The molecule has 30 heavy (non-hydrogen) atoms. The van der Waals surface area contributed by atoms with Crippen molar-refractivity contribution in [3.8, 4) is 0 Å². The first kappa shape index (κ1) is 22.7. The molecule has 160 valence electrons. The van der Waals surface area contributed by atoms with E-state index in [2.05, 4.69) is 15.0 Å². The summed E-state index contributed by atoms with van der Waals surface area (Å²) in [4.78, 5) is 18.4. The van der Waals surface area contributed by atoms with Crippen LogP contribution < -0.4 is 10.0 Å². The molecule has 1 aromatic heterocycles. The summed E-state index contributed by atoms with van der Waals surface area (Å²) in [5.41, 5.74) is 1.41. The zero-order chi connectivity index (χ0) is 21.9. The Labute approximate surface area is 185 Å². The maximum absolute atomic E-state index is 13.0. The molecule has 1 atom stereocenters. The Kier molecular flexibility index (Phi) is 7.18. The lowest BCUT2D eigenvalue weighted by Crippen LogP contribution is -2.44. The summed E-state index contributed by atoms with van der Waals surface area (Å²) in [6.07, 6.45) is 2.34. The number of hydrogen-bond acceptors (Lipinski definition) is 6. The SMILES string of the molecule is CSc1cccc(NC(=O)C(CC(C)C)NS(=O)(=O)c2ccc3nc(C)sc3c2)c1. The molecule has 1 heterocycles. The minimum atomic E-state index is -3.87. The fourth-order valence-electron chi connectivity index (χ4n) is 3.05. The largest absolute Gasteiger partial charge is 0.325 e. The lowest BCUT2D eigenvalue weighted by Gasteiger charge is -2.20. The standard InChI is InChI=1S/C21H25N3O3S3/c1-13(2)10-19(21(25)23-15-6-5-7-16(11-15)28-4)24-30(26,27)17-8-9-18-20(12-17)29-14(3)22-18/h5-9,11-13,19,24H,10H2,1-4H3,(H,23,25). The molecule has 6 nitrogen and oxygen atoms in total. The molecule has 0 aliphatic heterocycles. The van der Waals surface area contributed by atoms with Crippen molar-refractivity contribution < 1.29 is 13.2 Å². The molecule has 0 aliphatic rings. The van der Waals surface area contributed by atoms with Crippen molar-refractivity contribution in [2.75, 3.05) is 11.6 Å². The van der Waals surface area contributed by atoms with E-state index in [1.54, 1.807) is 30.0 Å². The number of thiazole rings is 1. The maximum Gasteiger partial charge on any atom is 0.242 e. The fraction of sp³-hybridized carbons (Fsp3) is 0.333. The van der Waals surface area contributed by atoms with Gasteiger partial charge in [-0.1, -0.05) is 19.9 Å². The summed E-state index contributed by atoms with van der Waals surface area (Å²) in [5.74, 6) is -0.243. The lowest BCUT2D eigenvalue weighted by atomic mass is 10.0. The zero-order valence-electron chi connectivity index (χ0n) is 17.3. The van der Waals surface area contributed by atoms with Gasteiger partial charge < -0.3 is 5.32 Å². The highest BCUT2D eigenvalue weighted by Gasteiger charge is 2.27. The molecule has 2 aromatic carbocycles. The zero-order valence-corrected chi connectivity index (χ0v) is 19.7. The van der Waals surface area contributed by atoms with Gasteiger partial charge in [-0.05, 0) is 61.9 Å². The van der Waals surface area contributed by atoms with Gasteiger partial charge in [0.15, 0.2) is 0 Å². The third kappa shape index (κ3) is 5.60. The van der Waals surface area contributed by atoms with Gasteiger partial charge in [-0.2, -0.15) is 4.72 Å². The van der Waals surface area contributed by atoms with Crippen molar-refractivity contribution in [3.05, 3.63) is 47.5 Å². The fourth-order valence-corrected chi connectivity index (χ4v) is 5.69. The quantitative estimate of drug-likeness (QED) is 0.475. The van der Waals surface area contributed by atoms with Crippen LogP contribution in [0.5, 0.6) is 0 Å². The van der Waals surface area contributed by atoms with Crippen LogP contribution in [0.4, 0.5) is 5.69 Å². The van der Waals surface area contributed by atoms with Crippen molar-refractivity contribution >= 4 is 54.9 Å². The second-order valence-electron chi connectivity index (χ2n) is 7.39. The number of anilines is 1. The van der Waals surface area contributed by atoms with Gasteiger partial charge in [-0.15, -0.1) is 23.1 Å². The molecule has 0 aliphatic carbocycles. The second kappa shape index (κ2) is 9.47. The summed E-state index contributed by atoms with van der Waals surface area (Å²) in [6, 6.07) is 11.4. The highest BCUT2D eigenvalue weighted by atomic mass is 32.2. The van der Waals surface area contributed by atoms with E-state index in [0.29, 0.717) is 12.1 Å². The number of sulfonamides is 1. The van der Waals surface area contributed by atoms with Gasteiger partial charge in [0, 0.05) is 10.6 Å². The highest BCUT2D eigenvalue weighted by molar-refractivity contribution is 7.98. The monoisotopic (exact) mass is 463 g/mol. The van der Waals surface area contributed by atoms with Crippen LogP contribution in [-0.2, 0) is 14.8 Å². The van der Waals surface area contributed by atoms with E-state index >= 15 is 0 Å². The van der Waals surface area contributed by atoms with Crippen LogP contribution in [-0.4, -0.2) is 31.6 Å². The molecule has 9 heteroatoms. The molecule has 3 aromatic rings. The molecule has 0 spiro atoms. The molecular weight excluding hydrogens is 438 g/mol. The number of rotatable bonds is 8. The summed E-state index contributed by atoms with van der Waals surface area (Å²) < 4.78 is 29.4. The number of amides is 1. The Morgan fingerprint density at radius 1 is 1.20 bits per heavy atom. The molecule has 0 radical (unpaired) electrons. The van der Waals surface area contributed by atoms with Crippen molar-refractivity contribution in [1.29, 1.82) is 0 Å². The van der Waals surface area contributed by atoms with E-state index in [4.69, 9.17) is 0 Å². The molecular formula is C21H25N3O3S3. The van der Waals surface area contributed by atoms with Gasteiger partial charge in [-0.3, -0.25) is 4.79 Å². The number of aromatic nitrogens is 1. The Balaban J connectivity index is 1.83. The van der Waals surface area contributed by atoms with Crippen molar-refractivity contribution in [1.82, 2.24) is 9.71 Å². The van der Waals surface area contributed by atoms with E-state index in [1.807, 2.05) is 45.2 Å². The molecule has 1 unspecified atom stereocenters. The van der Waals surface area contributed by atoms with Crippen LogP contribution >= 0.6 is 23.1 Å². The van der Waals surface area contributed by atoms with Gasteiger partial charge in [0.1, 0.15) is 6.04 Å². The molecule has 3 rings (SSSR count). The molecule has 0 bridgehead atoms. The Hall–Kier alpha value is -1.94. The highest BCUT2D eigenvalue weighted by Crippen LogP contribution is 2.25. The number of thioether (sulfide) groups is 1. The van der Waals surface area contributed by atoms with E-state index in [1.165, 1.54) is 17.4 Å². The van der Waals surface area contributed by atoms with Crippen LogP contribution in [0.25, 0.3) is 10.2 Å². The van der Waals surface area contributed by atoms with Crippen LogP contribution in [0.3, 0.4) is 0 Å². The molecule has 0 saturated carbocycles. The first-order valence-corrected chi connectivity index (χ1v) is 13.0. The van der Waals surface area contributed by atoms with E-state index < -0.39 is 16.1 Å². The number of aryl methyl sites for hydroxylation is 1. The Bertz CT molecular complexity index is 1160. The average Bonchev–Trinajstić information content (AvgIpc) is 3.06. The van der Waals surface area contributed by atoms with Gasteiger partial charge in [0.2, 0.25) is 15.9 Å². The molecule has 0 saturated heterocycles. The number of carbonyl (C=O) groups excluding carboxylic acids is 1. The summed E-state index contributed by atoms with van der Waals surface area (Å²) in [7, 11) is -3.87. The Morgan fingerprint density at radius 2 is 1.97 bits per heavy atom. The summed E-state index contributed by atoms with van der Waals surface area (Å²) in [6.45, 7) is 5.79. The van der Waals surface area contributed by atoms with Crippen LogP contribution in [0, 0.1) is 12.8 Å². The number of nitrogens with one attached hydrogen (secondary N) is 2. The summed E-state index contributed by atoms with van der Waals surface area (Å²) >= 11 is 3.01. The average molecular weight is 464 g/mol. The molecule has 0 fully saturated rings. The van der Waals surface area contributed by atoms with Gasteiger partial charge in [-0.25, -0.2) is 13.4 Å². The van der Waals surface area contributed by atoms with Gasteiger partial charge in [0.25, 0.3) is 0 Å². The molecule has 1 amide bonds. The third-order valence-corrected chi connectivity index (χ3v) is 7.56. The van der Waals surface area contributed by atoms with Gasteiger partial charge in [0.05, 0.1) is 20.1 Å². The van der Waals surface area contributed by atoms with Crippen LogP contribution in [0.2, 0.25) is 0 Å². The minimum Gasteiger partial charge on any atom is -0.325 e. The molecule has 2 N–H and O–H groups in total. The van der Waals surface area contributed by atoms with Gasteiger partial charge >= 0.3 is 0 Å². The first-order valence-electron chi connectivity index (χ1n) is 9.52. The lowest BCUT2D eigenvalue weighted by molar-refractivity contribution is -0.118. The van der Waals surface area contributed by atoms with E-state index in [9.17, 15) is 13.2 Å². The third-order valence-electron chi connectivity index (χ3n) is 4.44. The van der Waals surface area contributed by atoms with Crippen molar-refractivity contribution in [2.45, 2.75) is 43.0 Å². The number of nitrogens with zero attached hydrogens (tertiary/aromatic N) is 1. The number of hydrogen-bond donors (Lipinski definition) is 2. The van der Waals surface area contributed by atoms with E-state index in [-0.39, 0.29) is 16.7 Å². The van der Waals surface area contributed by atoms with Crippen molar-refractivity contribution in [2.24, 2.45) is 5.92 Å². The number of fused-ring (bicyclic) bond motifs is 1. The predicted molar refractivity (Wildman–Crippen MR) is 125 cm³/mol. The Morgan fingerprint density at radius 3 is 2.67 bits per heavy atom. The first-order chi connectivity index (χ1) is 14.2. The van der Waals surface area contributed by atoms with Crippen molar-refractivity contribution in [3.63, 3.8) is 0 Å². The number of carbonyl (C=O) groups is 1. The van der Waals surface area contributed by atoms with Crippen LogP contribution in [0.15, 0.2) is 52.3 Å². The number of benzene rings is 2. The minimum absolute atomic E-state index is 0.129.